The molecule has 1 aliphatic heterocycles. The van der Waals surface area contributed by atoms with Gasteiger partial charge in [0.15, 0.2) is 0 Å². The van der Waals surface area contributed by atoms with E-state index in [4.69, 9.17) is 29.3 Å². The van der Waals surface area contributed by atoms with Crippen LogP contribution in [-0.2, 0) is 49.5 Å². The topological polar surface area (TPSA) is 191 Å². The molecule has 2 heterocycles. The maximum absolute atomic E-state index is 11.9. The van der Waals surface area contributed by atoms with Gasteiger partial charge in [0, 0.05) is 23.4 Å². The summed E-state index contributed by atoms with van der Waals surface area (Å²) in [5.74, 6) is -1.97. The molecule has 15 nitrogen and oxygen atoms in total. The minimum atomic E-state index is -0.715. The highest BCUT2D eigenvalue weighted by molar-refractivity contribution is 6.01. The quantitative estimate of drug-likeness (QED) is 0.0910. The van der Waals surface area contributed by atoms with Crippen molar-refractivity contribution >= 4 is 29.4 Å². The monoisotopic (exact) mass is 522 g/mol. The third-order valence-electron chi connectivity index (χ3n) is 4.64. The Balaban J connectivity index is 1.34. The molecule has 1 aromatic rings. The summed E-state index contributed by atoms with van der Waals surface area (Å²) in [5.41, 5.74) is 9.43. The third-order valence-corrected chi connectivity index (χ3v) is 4.64. The lowest BCUT2D eigenvalue weighted by atomic mass is 10.3. The number of carbonyl (C=O) groups excluding carboxylic acids is 4. The molecule has 0 unspecified atom stereocenters. The number of nitrogens with zero attached hydrogens (tertiary/aromatic N) is 5. The largest absolute Gasteiger partial charge is 0.379 e. The second-order valence-electron chi connectivity index (χ2n) is 7.47. The number of pyridine rings is 1. The number of aromatic nitrogens is 1. The Morgan fingerprint density at radius 3 is 2.03 bits per heavy atom. The predicted octanol–water partition coefficient (Wildman–Crippen LogP) is 1.28. The van der Waals surface area contributed by atoms with Gasteiger partial charge in [-0.05, 0) is 17.7 Å². The zero-order valence-electron chi connectivity index (χ0n) is 20.3. The Morgan fingerprint density at radius 2 is 1.49 bits per heavy atom. The number of hydrogen-bond donors (Lipinski definition) is 1. The molecule has 2 rings (SSSR count). The summed E-state index contributed by atoms with van der Waals surface area (Å²) in [5, 5.41) is 6.62. The molecule has 0 aromatic carbocycles. The van der Waals surface area contributed by atoms with Gasteiger partial charge >= 0.3 is 5.97 Å². The number of imide groups is 1. The molecule has 0 radical (unpaired) electrons. The molecule has 1 saturated heterocycles. The Labute approximate surface area is 212 Å². The maximum atomic E-state index is 11.9. The average molecular weight is 523 g/mol. The van der Waals surface area contributed by atoms with Gasteiger partial charge in [-0.25, -0.2) is 4.79 Å². The standard InChI is InChI=1S/C22H30N6O9/c23-27-25-16-17-1-2-18(15-24-17)26-19(29)5-7-33-9-11-35-13-14-36-12-10-34-8-6-22(32)37-28-20(30)3-4-21(28)31/h1-2,15H,3-14,16H2,(H,26,29). The molecule has 1 fully saturated rings. The zero-order chi connectivity index (χ0) is 26.7. The minimum Gasteiger partial charge on any atom is -0.379 e. The van der Waals surface area contributed by atoms with Crippen molar-refractivity contribution in [2.45, 2.75) is 32.2 Å². The smallest absolute Gasteiger partial charge is 0.335 e. The van der Waals surface area contributed by atoms with E-state index in [0.29, 0.717) is 49.5 Å². The summed E-state index contributed by atoms with van der Waals surface area (Å²) >= 11 is 0. The molecule has 0 saturated carbocycles. The number of anilines is 1. The first-order valence-electron chi connectivity index (χ1n) is 11.6. The minimum absolute atomic E-state index is 0.0496. The van der Waals surface area contributed by atoms with Crippen LogP contribution in [0.2, 0.25) is 0 Å². The lowest BCUT2D eigenvalue weighted by Gasteiger charge is -2.12. The van der Waals surface area contributed by atoms with Gasteiger partial charge in [0.2, 0.25) is 5.91 Å². The van der Waals surface area contributed by atoms with Crippen LogP contribution in [0, 0.1) is 0 Å². The average Bonchev–Trinajstić information content (AvgIpc) is 3.20. The maximum Gasteiger partial charge on any atom is 0.335 e. The van der Waals surface area contributed by atoms with Gasteiger partial charge in [-0.2, -0.15) is 0 Å². The molecular formula is C22H30N6O9. The molecule has 1 N–H and O–H groups in total. The van der Waals surface area contributed by atoms with Gasteiger partial charge in [0.25, 0.3) is 11.8 Å². The van der Waals surface area contributed by atoms with Crippen LogP contribution in [0.25, 0.3) is 10.4 Å². The first-order chi connectivity index (χ1) is 18.0. The van der Waals surface area contributed by atoms with Crippen LogP contribution in [0.5, 0.6) is 0 Å². The molecule has 3 amide bonds. The highest BCUT2D eigenvalue weighted by Gasteiger charge is 2.32. The number of azide groups is 1. The van der Waals surface area contributed by atoms with Crippen molar-refractivity contribution in [1.82, 2.24) is 10.0 Å². The van der Waals surface area contributed by atoms with Gasteiger partial charge in [0.05, 0.1) is 84.1 Å². The van der Waals surface area contributed by atoms with E-state index in [0.717, 1.165) is 0 Å². The fourth-order valence-corrected chi connectivity index (χ4v) is 2.81. The zero-order valence-corrected chi connectivity index (χ0v) is 20.3. The Morgan fingerprint density at radius 1 is 0.919 bits per heavy atom. The SMILES string of the molecule is [N-]=[N+]=NCc1ccc(NC(=O)CCOCCOCCOCCOCCC(=O)ON2C(=O)CCC2=O)cn1. The third kappa shape index (κ3) is 12.8. The summed E-state index contributed by atoms with van der Waals surface area (Å²) < 4.78 is 21.3. The van der Waals surface area contributed by atoms with Crippen LogP contribution >= 0.6 is 0 Å². The number of hydrogen-bond acceptors (Lipinski definition) is 11. The number of amides is 3. The number of hydroxylamine groups is 2. The molecule has 1 aliphatic rings. The van der Waals surface area contributed by atoms with E-state index in [1.165, 1.54) is 6.20 Å². The highest BCUT2D eigenvalue weighted by Crippen LogP contribution is 2.12. The van der Waals surface area contributed by atoms with Crippen LogP contribution < -0.4 is 5.32 Å². The Hall–Kier alpha value is -3.62. The van der Waals surface area contributed by atoms with E-state index >= 15 is 0 Å². The fourth-order valence-electron chi connectivity index (χ4n) is 2.81. The van der Waals surface area contributed by atoms with Crippen LogP contribution in [0.1, 0.15) is 31.4 Å². The lowest BCUT2D eigenvalue weighted by Crippen LogP contribution is -2.32. The number of rotatable bonds is 19. The molecule has 0 atom stereocenters. The Kier molecular flexibility index (Phi) is 14.2. The molecule has 0 spiro atoms. The van der Waals surface area contributed by atoms with Crippen molar-refractivity contribution in [3.05, 3.63) is 34.5 Å². The summed E-state index contributed by atoms with van der Waals surface area (Å²) in [4.78, 5) is 57.7. The van der Waals surface area contributed by atoms with E-state index < -0.39 is 17.8 Å². The van der Waals surface area contributed by atoms with Crippen LogP contribution in [-0.4, -0.2) is 86.6 Å². The lowest BCUT2D eigenvalue weighted by molar-refractivity contribution is -0.198. The number of ether oxygens (including phenoxy) is 4. The molecule has 37 heavy (non-hydrogen) atoms. The van der Waals surface area contributed by atoms with E-state index in [1.807, 2.05) is 0 Å². The molecule has 1 aromatic heterocycles. The summed E-state index contributed by atoms with van der Waals surface area (Å²) in [6.07, 6.45) is 1.67. The van der Waals surface area contributed by atoms with Gasteiger partial charge in [-0.15, -0.1) is 5.06 Å². The number of carbonyl (C=O) groups is 4. The van der Waals surface area contributed by atoms with Crippen molar-refractivity contribution in [2.75, 3.05) is 58.2 Å². The summed E-state index contributed by atoms with van der Waals surface area (Å²) in [6, 6.07) is 3.34. The summed E-state index contributed by atoms with van der Waals surface area (Å²) in [7, 11) is 0. The Bertz CT molecular complexity index is 921. The van der Waals surface area contributed by atoms with Crippen molar-refractivity contribution in [2.24, 2.45) is 5.11 Å². The second kappa shape index (κ2) is 17.8. The highest BCUT2D eigenvalue weighted by atomic mass is 16.7. The van der Waals surface area contributed by atoms with E-state index in [-0.39, 0.29) is 58.0 Å². The van der Waals surface area contributed by atoms with Crippen molar-refractivity contribution in [3.8, 4) is 0 Å². The van der Waals surface area contributed by atoms with E-state index in [9.17, 15) is 19.2 Å². The first kappa shape index (κ1) is 29.6. The normalized spacial score (nSPS) is 12.9. The number of nitrogens with one attached hydrogen (secondary N) is 1. The summed E-state index contributed by atoms with van der Waals surface area (Å²) in [6.45, 7) is 2.42. The molecule has 0 bridgehead atoms. The molecule has 15 heteroatoms. The molecule has 202 valence electrons. The van der Waals surface area contributed by atoms with Gasteiger partial charge in [0.1, 0.15) is 0 Å². The van der Waals surface area contributed by atoms with E-state index in [2.05, 4.69) is 20.3 Å². The van der Waals surface area contributed by atoms with Crippen molar-refractivity contribution in [1.29, 1.82) is 0 Å². The van der Waals surface area contributed by atoms with Crippen LogP contribution in [0.3, 0.4) is 0 Å². The van der Waals surface area contributed by atoms with Gasteiger partial charge in [-0.1, -0.05) is 5.11 Å². The van der Waals surface area contributed by atoms with Crippen LogP contribution in [0.15, 0.2) is 23.4 Å². The fraction of sp³-hybridized carbons (Fsp3) is 0.591. The predicted molar refractivity (Wildman–Crippen MR) is 125 cm³/mol. The molecule has 0 aliphatic carbocycles. The second-order valence-corrected chi connectivity index (χ2v) is 7.47. The molecular weight excluding hydrogens is 492 g/mol. The van der Waals surface area contributed by atoms with E-state index in [1.54, 1.807) is 12.1 Å². The van der Waals surface area contributed by atoms with Gasteiger partial charge < -0.3 is 29.1 Å². The van der Waals surface area contributed by atoms with Crippen LogP contribution in [0.4, 0.5) is 5.69 Å². The van der Waals surface area contributed by atoms with Gasteiger partial charge in [-0.3, -0.25) is 19.4 Å². The first-order valence-corrected chi connectivity index (χ1v) is 11.6. The van der Waals surface area contributed by atoms with Crippen molar-refractivity contribution in [3.63, 3.8) is 0 Å². The van der Waals surface area contributed by atoms with Crippen molar-refractivity contribution < 1.29 is 43.0 Å².